The Hall–Kier alpha value is -2.37. The van der Waals surface area contributed by atoms with Gasteiger partial charge in [0, 0.05) is 30.2 Å². The molecule has 0 unspecified atom stereocenters. The number of aliphatic hydroxyl groups is 1. The Balaban J connectivity index is 1.68. The number of benzene rings is 2. The van der Waals surface area contributed by atoms with Crippen molar-refractivity contribution in [3.63, 3.8) is 0 Å². The van der Waals surface area contributed by atoms with Crippen LogP contribution in [0.3, 0.4) is 0 Å². The Morgan fingerprint density at radius 1 is 1.17 bits per heavy atom. The number of para-hydroxylation sites is 1. The molecule has 2 aromatic rings. The van der Waals surface area contributed by atoms with E-state index >= 15 is 0 Å². The van der Waals surface area contributed by atoms with E-state index in [4.69, 9.17) is 11.6 Å². The van der Waals surface area contributed by atoms with E-state index in [-0.39, 0.29) is 13.0 Å². The summed E-state index contributed by atoms with van der Waals surface area (Å²) >= 11 is 5.82. The van der Waals surface area contributed by atoms with Gasteiger partial charge in [0.15, 0.2) is 0 Å². The summed E-state index contributed by atoms with van der Waals surface area (Å²) in [6, 6.07) is 16.0. The van der Waals surface area contributed by atoms with Crippen molar-refractivity contribution in [2.24, 2.45) is 0 Å². The van der Waals surface area contributed by atoms with Crippen LogP contribution >= 0.6 is 11.6 Å². The molecule has 0 radical (unpaired) electrons. The summed E-state index contributed by atoms with van der Waals surface area (Å²) in [5.41, 5.74) is -0.520. The minimum atomic E-state index is -2.03. The predicted molar refractivity (Wildman–Crippen MR) is 91.7 cm³/mol. The summed E-state index contributed by atoms with van der Waals surface area (Å²) in [4.78, 5) is 26.3. The minimum absolute atomic E-state index is 0.0627. The monoisotopic (exact) mass is 344 g/mol. The van der Waals surface area contributed by atoms with Crippen molar-refractivity contribution < 1.29 is 14.7 Å². The van der Waals surface area contributed by atoms with Crippen LogP contribution < -0.4 is 10.2 Å². The first-order valence-electron chi connectivity index (χ1n) is 7.63. The van der Waals surface area contributed by atoms with E-state index in [1.165, 1.54) is 4.90 Å². The highest BCUT2D eigenvalue weighted by atomic mass is 35.5. The maximum absolute atomic E-state index is 12.5. The maximum atomic E-state index is 12.5. The fourth-order valence-corrected chi connectivity index (χ4v) is 2.83. The molecule has 1 fully saturated rings. The van der Waals surface area contributed by atoms with Crippen molar-refractivity contribution >= 4 is 29.1 Å². The highest BCUT2D eigenvalue weighted by Gasteiger charge is 2.51. The van der Waals surface area contributed by atoms with Gasteiger partial charge in [-0.15, -0.1) is 0 Å². The van der Waals surface area contributed by atoms with Crippen LogP contribution in [0, 0.1) is 0 Å². The van der Waals surface area contributed by atoms with Gasteiger partial charge < -0.3 is 15.3 Å². The smallest absolute Gasteiger partial charge is 0.268 e. The lowest BCUT2D eigenvalue weighted by Crippen LogP contribution is -2.52. The standard InChI is InChI=1S/C18H17ClN2O3/c19-14-8-6-13(7-9-14)12-20-16(22)18(24)10-11-21(17(18)23)15-4-2-1-3-5-15/h1-9,24H,10-12H2,(H,20,22)/t18-/m0/s1. The fourth-order valence-electron chi connectivity index (χ4n) is 2.70. The number of amides is 2. The third kappa shape index (κ3) is 3.13. The van der Waals surface area contributed by atoms with Gasteiger partial charge in [0.25, 0.3) is 11.8 Å². The lowest BCUT2D eigenvalue weighted by molar-refractivity contribution is -0.149. The first-order valence-corrected chi connectivity index (χ1v) is 8.00. The molecule has 24 heavy (non-hydrogen) atoms. The minimum Gasteiger partial charge on any atom is -0.372 e. The molecule has 0 bridgehead atoms. The number of hydrogen-bond acceptors (Lipinski definition) is 3. The molecule has 1 heterocycles. The Morgan fingerprint density at radius 3 is 2.50 bits per heavy atom. The molecule has 1 saturated heterocycles. The largest absolute Gasteiger partial charge is 0.372 e. The van der Waals surface area contributed by atoms with E-state index < -0.39 is 17.4 Å². The van der Waals surface area contributed by atoms with Crippen molar-refractivity contribution in [3.05, 3.63) is 65.2 Å². The van der Waals surface area contributed by atoms with Crippen LogP contribution in [-0.2, 0) is 16.1 Å². The third-order valence-electron chi connectivity index (χ3n) is 4.11. The number of rotatable bonds is 4. The van der Waals surface area contributed by atoms with E-state index in [1.54, 1.807) is 48.5 Å². The van der Waals surface area contributed by atoms with E-state index in [2.05, 4.69) is 5.32 Å². The summed E-state index contributed by atoms with van der Waals surface area (Å²) in [6.45, 7) is 0.518. The van der Waals surface area contributed by atoms with Crippen molar-refractivity contribution in [1.29, 1.82) is 0 Å². The SMILES string of the molecule is O=C(NCc1ccc(Cl)cc1)[C@@]1(O)CCN(c2ccccc2)C1=O. The molecule has 0 saturated carbocycles. The predicted octanol–water partition coefficient (Wildman–Crippen LogP) is 2.12. The van der Waals surface area contributed by atoms with Crippen LogP contribution in [0.4, 0.5) is 5.69 Å². The highest BCUT2D eigenvalue weighted by molar-refractivity contribution is 6.30. The van der Waals surface area contributed by atoms with Crippen molar-refractivity contribution in [3.8, 4) is 0 Å². The van der Waals surface area contributed by atoms with Crippen molar-refractivity contribution in [1.82, 2.24) is 5.32 Å². The Labute approximate surface area is 144 Å². The molecular weight excluding hydrogens is 328 g/mol. The second-order valence-electron chi connectivity index (χ2n) is 5.71. The lowest BCUT2D eigenvalue weighted by Gasteiger charge is -2.21. The van der Waals surface area contributed by atoms with Crippen LogP contribution in [0.25, 0.3) is 0 Å². The molecule has 124 valence electrons. The maximum Gasteiger partial charge on any atom is 0.268 e. The number of halogens is 1. The van der Waals surface area contributed by atoms with Gasteiger partial charge in [-0.1, -0.05) is 41.9 Å². The molecule has 6 heteroatoms. The van der Waals surface area contributed by atoms with Gasteiger partial charge in [0.1, 0.15) is 0 Å². The molecule has 1 atom stereocenters. The first kappa shape index (κ1) is 16.5. The van der Waals surface area contributed by atoms with Gasteiger partial charge in [-0.3, -0.25) is 9.59 Å². The number of nitrogens with one attached hydrogen (secondary N) is 1. The van der Waals surface area contributed by atoms with E-state index in [9.17, 15) is 14.7 Å². The van der Waals surface area contributed by atoms with Gasteiger partial charge >= 0.3 is 0 Å². The molecule has 2 N–H and O–H groups in total. The number of nitrogens with zero attached hydrogens (tertiary/aromatic N) is 1. The molecule has 2 amide bonds. The number of carbonyl (C=O) groups is 2. The van der Waals surface area contributed by atoms with Gasteiger partial charge in [-0.2, -0.15) is 0 Å². The molecular formula is C18H17ClN2O3. The Kier molecular flexibility index (Phi) is 4.55. The van der Waals surface area contributed by atoms with Gasteiger partial charge in [0.05, 0.1) is 0 Å². The zero-order valence-corrected chi connectivity index (χ0v) is 13.7. The molecule has 0 aromatic heterocycles. The molecule has 5 nitrogen and oxygen atoms in total. The van der Waals surface area contributed by atoms with E-state index in [0.717, 1.165) is 5.56 Å². The quantitative estimate of drug-likeness (QED) is 0.835. The highest BCUT2D eigenvalue weighted by Crippen LogP contribution is 2.28. The first-order chi connectivity index (χ1) is 11.5. The van der Waals surface area contributed by atoms with Gasteiger partial charge in [-0.05, 0) is 29.8 Å². The average Bonchev–Trinajstić information content (AvgIpc) is 2.91. The number of anilines is 1. The topological polar surface area (TPSA) is 69.6 Å². The fraction of sp³-hybridized carbons (Fsp3) is 0.222. The summed E-state index contributed by atoms with van der Waals surface area (Å²) in [5.74, 6) is -1.27. The van der Waals surface area contributed by atoms with Crippen LogP contribution in [-0.4, -0.2) is 29.1 Å². The van der Waals surface area contributed by atoms with Crippen LogP contribution in [0.2, 0.25) is 5.02 Å². The molecule has 1 aliphatic heterocycles. The normalized spacial score (nSPS) is 20.2. The van der Waals surface area contributed by atoms with Crippen molar-refractivity contribution in [2.75, 3.05) is 11.4 Å². The van der Waals surface area contributed by atoms with Gasteiger partial charge in [0.2, 0.25) is 5.60 Å². The summed E-state index contributed by atoms with van der Waals surface area (Å²) in [5, 5.41) is 13.8. The zero-order valence-electron chi connectivity index (χ0n) is 12.9. The summed E-state index contributed by atoms with van der Waals surface area (Å²) in [7, 11) is 0. The molecule has 1 aliphatic rings. The second-order valence-corrected chi connectivity index (χ2v) is 6.15. The molecule has 2 aromatic carbocycles. The second kappa shape index (κ2) is 6.63. The van der Waals surface area contributed by atoms with Crippen LogP contribution in [0.15, 0.2) is 54.6 Å². The van der Waals surface area contributed by atoms with Crippen LogP contribution in [0.1, 0.15) is 12.0 Å². The third-order valence-corrected chi connectivity index (χ3v) is 4.36. The summed E-state index contributed by atoms with van der Waals surface area (Å²) < 4.78 is 0. The van der Waals surface area contributed by atoms with Crippen LogP contribution in [0.5, 0.6) is 0 Å². The molecule has 0 aliphatic carbocycles. The van der Waals surface area contributed by atoms with Crippen molar-refractivity contribution in [2.45, 2.75) is 18.6 Å². The zero-order chi connectivity index (χ0) is 17.2. The lowest BCUT2D eigenvalue weighted by atomic mass is 10.0. The summed E-state index contributed by atoms with van der Waals surface area (Å²) in [6.07, 6.45) is 0.0627. The van der Waals surface area contributed by atoms with E-state index in [1.807, 2.05) is 6.07 Å². The molecule has 0 spiro atoms. The Bertz CT molecular complexity index is 749. The Morgan fingerprint density at radius 2 is 1.83 bits per heavy atom. The number of carbonyl (C=O) groups excluding carboxylic acids is 2. The number of hydrogen-bond donors (Lipinski definition) is 2. The van der Waals surface area contributed by atoms with Gasteiger partial charge in [-0.25, -0.2) is 0 Å². The molecule has 3 rings (SSSR count). The van der Waals surface area contributed by atoms with E-state index in [0.29, 0.717) is 17.3 Å². The average molecular weight is 345 g/mol.